The molecular formula is C14H15BrO2S. The molecule has 0 amide bonds. The first kappa shape index (κ1) is 13.6. The van der Waals surface area contributed by atoms with Crippen molar-refractivity contribution in [2.24, 2.45) is 0 Å². The molecule has 1 heterocycles. The van der Waals surface area contributed by atoms with Gasteiger partial charge in [0.1, 0.15) is 11.9 Å². The van der Waals surface area contributed by atoms with E-state index in [1.165, 1.54) is 0 Å². The molecule has 0 bridgehead atoms. The lowest BCUT2D eigenvalue weighted by atomic mass is 10.1. The van der Waals surface area contributed by atoms with E-state index in [2.05, 4.69) is 15.9 Å². The van der Waals surface area contributed by atoms with Gasteiger partial charge in [0.25, 0.3) is 0 Å². The number of aliphatic hydroxyl groups excluding tert-OH is 1. The van der Waals surface area contributed by atoms with Crippen LogP contribution in [0.15, 0.2) is 40.2 Å². The summed E-state index contributed by atoms with van der Waals surface area (Å²) in [5.41, 5.74) is 0.875. The molecule has 0 aliphatic rings. The van der Waals surface area contributed by atoms with Crippen LogP contribution in [0.2, 0.25) is 0 Å². The van der Waals surface area contributed by atoms with E-state index in [1.807, 2.05) is 50.2 Å². The van der Waals surface area contributed by atoms with Crippen LogP contribution in [-0.2, 0) is 0 Å². The van der Waals surface area contributed by atoms with Crippen molar-refractivity contribution in [3.05, 3.63) is 50.6 Å². The highest BCUT2D eigenvalue weighted by Gasteiger charge is 2.12. The summed E-state index contributed by atoms with van der Waals surface area (Å²) in [7, 11) is 0. The van der Waals surface area contributed by atoms with Crippen molar-refractivity contribution in [3.8, 4) is 5.75 Å². The van der Waals surface area contributed by atoms with Crippen LogP contribution in [0.1, 0.15) is 30.4 Å². The van der Waals surface area contributed by atoms with Gasteiger partial charge in [-0.05, 0) is 59.6 Å². The van der Waals surface area contributed by atoms with Gasteiger partial charge in [0.05, 0.1) is 9.89 Å². The van der Waals surface area contributed by atoms with Gasteiger partial charge in [0.2, 0.25) is 0 Å². The predicted octanol–water partition coefficient (Wildman–Crippen LogP) is 4.38. The van der Waals surface area contributed by atoms with E-state index in [1.54, 1.807) is 11.3 Å². The van der Waals surface area contributed by atoms with Crippen LogP contribution in [0.5, 0.6) is 5.75 Å². The number of aliphatic hydroxyl groups is 1. The third-order valence-corrected chi connectivity index (χ3v) is 4.11. The van der Waals surface area contributed by atoms with Gasteiger partial charge in [0.15, 0.2) is 0 Å². The summed E-state index contributed by atoms with van der Waals surface area (Å²) in [4.78, 5) is 0.930. The highest BCUT2D eigenvalue weighted by atomic mass is 79.9. The fourth-order valence-corrected chi connectivity index (χ4v) is 3.08. The zero-order chi connectivity index (χ0) is 13.1. The highest BCUT2D eigenvalue weighted by Crippen LogP contribution is 2.31. The lowest BCUT2D eigenvalue weighted by Gasteiger charge is -2.12. The van der Waals surface area contributed by atoms with Crippen molar-refractivity contribution < 1.29 is 9.84 Å². The Morgan fingerprint density at radius 3 is 2.28 bits per heavy atom. The van der Waals surface area contributed by atoms with Crippen LogP contribution in [-0.4, -0.2) is 11.2 Å². The SMILES string of the molecule is CC(C)Oc1ccc(C(O)c2ccc(Br)s2)cc1. The van der Waals surface area contributed by atoms with Crippen molar-refractivity contribution in [1.29, 1.82) is 0 Å². The zero-order valence-corrected chi connectivity index (χ0v) is 12.7. The van der Waals surface area contributed by atoms with Crippen molar-refractivity contribution >= 4 is 27.3 Å². The average molecular weight is 327 g/mol. The van der Waals surface area contributed by atoms with Crippen molar-refractivity contribution in [1.82, 2.24) is 0 Å². The number of benzene rings is 1. The van der Waals surface area contributed by atoms with Gasteiger partial charge in [-0.2, -0.15) is 0 Å². The fourth-order valence-electron chi connectivity index (χ4n) is 1.64. The second-order valence-corrected chi connectivity index (χ2v) is 6.77. The molecule has 0 saturated carbocycles. The van der Waals surface area contributed by atoms with E-state index in [0.717, 1.165) is 20.0 Å². The molecule has 1 aromatic carbocycles. The van der Waals surface area contributed by atoms with Crippen LogP contribution in [0.4, 0.5) is 0 Å². The molecule has 2 aromatic rings. The molecule has 4 heteroatoms. The van der Waals surface area contributed by atoms with Crippen LogP contribution in [0.25, 0.3) is 0 Å². The highest BCUT2D eigenvalue weighted by molar-refractivity contribution is 9.11. The summed E-state index contributed by atoms with van der Waals surface area (Å²) in [6.07, 6.45) is -0.413. The standard InChI is InChI=1S/C14H15BrO2S/c1-9(2)17-11-5-3-10(4-6-11)14(16)12-7-8-13(15)18-12/h3-9,14,16H,1-2H3. The quantitative estimate of drug-likeness (QED) is 0.903. The Bertz CT molecular complexity index is 505. The molecule has 96 valence electrons. The molecule has 1 unspecified atom stereocenters. The second-order valence-electron chi connectivity index (χ2n) is 4.28. The molecule has 0 aliphatic heterocycles. The minimum Gasteiger partial charge on any atom is -0.491 e. The summed E-state index contributed by atoms with van der Waals surface area (Å²) >= 11 is 4.94. The third kappa shape index (κ3) is 3.34. The smallest absolute Gasteiger partial charge is 0.119 e. The molecule has 18 heavy (non-hydrogen) atoms. The maximum absolute atomic E-state index is 10.2. The second kappa shape index (κ2) is 5.87. The maximum atomic E-state index is 10.2. The molecule has 2 rings (SSSR count). The zero-order valence-electron chi connectivity index (χ0n) is 10.3. The van der Waals surface area contributed by atoms with Crippen LogP contribution in [0, 0.1) is 0 Å². The van der Waals surface area contributed by atoms with E-state index in [0.29, 0.717) is 0 Å². The minimum atomic E-state index is -0.575. The van der Waals surface area contributed by atoms with Gasteiger partial charge < -0.3 is 9.84 Å². The Balaban J connectivity index is 2.14. The summed E-state index contributed by atoms with van der Waals surface area (Å²) in [5.74, 6) is 0.827. The summed E-state index contributed by atoms with van der Waals surface area (Å²) in [6, 6.07) is 11.5. The fraction of sp³-hybridized carbons (Fsp3) is 0.286. The van der Waals surface area contributed by atoms with Crippen LogP contribution >= 0.6 is 27.3 Å². The molecule has 1 aromatic heterocycles. The van der Waals surface area contributed by atoms with Gasteiger partial charge in [-0.1, -0.05) is 12.1 Å². The summed E-state index contributed by atoms with van der Waals surface area (Å²) in [5, 5.41) is 10.2. The molecule has 0 fully saturated rings. The predicted molar refractivity (Wildman–Crippen MR) is 78.3 cm³/mol. The third-order valence-electron chi connectivity index (χ3n) is 2.43. The number of hydrogen-bond donors (Lipinski definition) is 1. The Kier molecular flexibility index (Phi) is 4.43. The largest absolute Gasteiger partial charge is 0.491 e. The Labute approximate surface area is 119 Å². The van der Waals surface area contributed by atoms with E-state index in [4.69, 9.17) is 4.74 Å². The molecule has 0 spiro atoms. The Hall–Kier alpha value is -0.840. The van der Waals surface area contributed by atoms with Gasteiger partial charge in [-0.15, -0.1) is 11.3 Å². The van der Waals surface area contributed by atoms with Crippen LogP contribution in [0.3, 0.4) is 0 Å². The van der Waals surface area contributed by atoms with E-state index >= 15 is 0 Å². The molecule has 1 atom stereocenters. The van der Waals surface area contributed by atoms with Gasteiger partial charge >= 0.3 is 0 Å². The molecule has 1 N–H and O–H groups in total. The number of rotatable bonds is 4. The maximum Gasteiger partial charge on any atom is 0.119 e. The lowest BCUT2D eigenvalue weighted by Crippen LogP contribution is -2.05. The van der Waals surface area contributed by atoms with Crippen molar-refractivity contribution in [2.45, 2.75) is 26.1 Å². The van der Waals surface area contributed by atoms with E-state index < -0.39 is 6.10 Å². The monoisotopic (exact) mass is 326 g/mol. The van der Waals surface area contributed by atoms with Gasteiger partial charge in [0, 0.05) is 4.88 Å². The number of hydrogen-bond acceptors (Lipinski definition) is 3. The molecule has 0 saturated heterocycles. The van der Waals surface area contributed by atoms with Crippen molar-refractivity contribution in [2.75, 3.05) is 0 Å². The molecule has 2 nitrogen and oxygen atoms in total. The minimum absolute atomic E-state index is 0.161. The van der Waals surface area contributed by atoms with E-state index in [9.17, 15) is 5.11 Å². The van der Waals surface area contributed by atoms with Crippen molar-refractivity contribution in [3.63, 3.8) is 0 Å². The average Bonchev–Trinajstić information content (AvgIpc) is 2.75. The number of ether oxygens (including phenoxy) is 1. The lowest BCUT2D eigenvalue weighted by molar-refractivity contribution is 0.223. The normalized spacial score (nSPS) is 12.7. The number of halogens is 1. The first-order chi connectivity index (χ1) is 8.56. The van der Waals surface area contributed by atoms with Gasteiger partial charge in [-0.3, -0.25) is 0 Å². The molecule has 0 aliphatic carbocycles. The first-order valence-corrected chi connectivity index (χ1v) is 7.37. The number of thiophene rings is 1. The van der Waals surface area contributed by atoms with Crippen LogP contribution < -0.4 is 4.74 Å². The first-order valence-electron chi connectivity index (χ1n) is 5.76. The molecule has 0 radical (unpaired) electrons. The summed E-state index contributed by atoms with van der Waals surface area (Å²) in [6.45, 7) is 3.98. The molecular weight excluding hydrogens is 312 g/mol. The topological polar surface area (TPSA) is 29.5 Å². The Morgan fingerprint density at radius 1 is 1.11 bits per heavy atom. The van der Waals surface area contributed by atoms with Gasteiger partial charge in [-0.25, -0.2) is 0 Å². The Morgan fingerprint density at radius 2 is 1.78 bits per heavy atom. The van der Waals surface area contributed by atoms with E-state index in [-0.39, 0.29) is 6.10 Å². The summed E-state index contributed by atoms with van der Waals surface area (Å²) < 4.78 is 6.60.